The average Bonchev–Trinajstić information content (AvgIpc) is 3.37. The van der Waals surface area contributed by atoms with Crippen molar-refractivity contribution in [1.82, 2.24) is 14.7 Å². The number of anilines is 1. The molecule has 0 spiro atoms. The van der Waals surface area contributed by atoms with E-state index in [2.05, 4.69) is 15.6 Å². The molecule has 0 saturated carbocycles. The number of aromatic nitrogens is 2. The molecule has 1 fully saturated rings. The van der Waals surface area contributed by atoms with Gasteiger partial charge in [-0.3, -0.25) is 9.59 Å². The van der Waals surface area contributed by atoms with Crippen LogP contribution in [0, 0.1) is 6.92 Å². The molecule has 4 rings (SSSR count). The van der Waals surface area contributed by atoms with Crippen molar-refractivity contribution >= 4 is 23.1 Å². The lowest BCUT2D eigenvalue weighted by Gasteiger charge is -2.13. The fourth-order valence-corrected chi connectivity index (χ4v) is 3.34. The molecular weight excluding hydrogens is 356 g/mol. The van der Waals surface area contributed by atoms with E-state index in [0.717, 1.165) is 25.1 Å². The molecule has 3 aromatic rings. The van der Waals surface area contributed by atoms with Gasteiger partial charge in [0, 0.05) is 25.0 Å². The molecule has 2 amide bonds. The summed E-state index contributed by atoms with van der Waals surface area (Å²) in [4.78, 5) is 29.7. The van der Waals surface area contributed by atoms with Crippen LogP contribution in [-0.2, 0) is 4.74 Å². The molecular formula is C21H22N4O3. The molecule has 0 radical (unpaired) electrons. The molecule has 28 heavy (non-hydrogen) atoms. The summed E-state index contributed by atoms with van der Waals surface area (Å²) < 4.78 is 7.39. The summed E-state index contributed by atoms with van der Waals surface area (Å²) in [6.07, 6.45) is 3.73. The van der Waals surface area contributed by atoms with Crippen LogP contribution < -0.4 is 10.6 Å². The van der Waals surface area contributed by atoms with E-state index in [1.807, 2.05) is 29.5 Å². The van der Waals surface area contributed by atoms with Crippen molar-refractivity contribution in [2.45, 2.75) is 25.9 Å². The highest BCUT2D eigenvalue weighted by Crippen LogP contribution is 2.18. The lowest BCUT2D eigenvalue weighted by molar-refractivity contribution is 0.0858. The molecule has 1 saturated heterocycles. The summed E-state index contributed by atoms with van der Waals surface area (Å²) in [7, 11) is 0. The van der Waals surface area contributed by atoms with Gasteiger partial charge in [0.1, 0.15) is 11.3 Å². The third-order valence-corrected chi connectivity index (χ3v) is 4.86. The number of rotatable bonds is 5. The lowest BCUT2D eigenvalue weighted by atomic mass is 10.1. The van der Waals surface area contributed by atoms with Crippen LogP contribution in [0.15, 0.2) is 48.7 Å². The van der Waals surface area contributed by atoms with E-state index in [-0.39, 0.29) is 17.9 Å². The number of hydrogen-bond donors (Lipinski definition) is 2. The Morgan fingerprint density at radius 2 is 2.04 bits per heavy atom. The maximum Gasteiger partial charge on any atom is 0.275 e. The minimum atomic E-state index is -0.359. The SMILES string of the molecule is Cc1cccc2nc(C(=O)Nc3ccccc3C(=O)NCC3CCCO3)cn12. The Balaban J connectivity index is 1.50. The van der Waals surface area contributed by atoms with Crippen LogP contribution in [0.4, 0.5) is 5.69 Å². The van der Waals surface area contributed by atoms with E-state index in [9.17, 15) is 9.59 Å². The molecule has 2 N–H and O–H groups in total. The first-order chi connectivity index (χ1) is 13.6. The molecule has 1 unspecified atom stereocenters. The van der Waals surface area contributed by atoms with Crippen LogP contribution in [0.1, 0.15) is 39.4 Å². The number of para-hydroxylation sites is 1. The number of carbonyl (C=O) groups excluding carboxylic acids is 2. The van der Waals surface area contributed by atoms with Gasteiger partial charge >= 0.3 is 0 Å². The quantitative estimate of drug-likeness (QED) is 0.715. The van der Waals surface area contributed by atoms with Gasteiger partial charge in [0.15, 0.2) is 0 Å². The van der Waals surface area contributed by atoms with Gasteiger partial charge in [0.05, 0.1) is 17.4 Å². The molecule has 7 nitrogen and oxygen atoms in total. The molecule has 7 heteroatoms. The number of nitrogens with zero attached hydrogens (tertiary/aromatic N) is 2. The van der Waals surface area contributed by atoms with Gasteiger partial charge in [0.25, 0.3) is 11.8 Å². The first kappa shape index (κ1) is 18.2. The number of hydrogen-bond acceptors (Lipinski definition) is 4. The zero-order valence-corrected chi connectivity index (χ0v) is 15.6. The average molecular weight is 378 g/mol. The van der Waals surface area contributed by atoms with Gasteiger partial charge in [-0.05, 0) is 44.0 Å². The Hall–Kier alpha value is -3.19. The number of carbonyl (C=O) groups is 2. The van der Waals surface area contributed by atoms with Gasteiger partial charge < -0.3 is 19.8 Å². The van der Waals surface area contributed by atoms with Gasteiger partial charge in [0.2, 0.25) is 0 Å². The smallest absolute Gasteiger partial charge is 0.275 e. The summed E-state index contributed by atoms with van der Waals surface area (Å²) in [5.74, 6) is -0.597. The Kier molecular flexibility index (Phi) is 5.08. The number of nitrogens with one attached hydrogen (secondary N) is 2. The number of aryl methyl sites for hydroxylation is 1. The van der Waals surface area contributed by atoms with Crippen LogP contribution in [0.3, 0.4) is 0 Å². The fraction of sp³-hybridized carbons (Fsp3) is 0.286. The minimum absolute atomic E-state index is 0.0620. The van der Waals surface area contributed by atoms with Gasteiger partial charge in [-0.1, -0.05) is 18.2 Å². The van der Waals surface area contributed by atoms with E-state index in [1.54, 1.807) is 30.5 Å². The van der Waals surface area contributed by atoms with Crippen molar-refractivity contribution in [2.75, 3.05) is 18.5 Å². The predicted molar refractivity (Wildman–Crippen MR) is 106 cm³/mol. The Morgan fingerprint density at radius 3 is 2.82 bits per heavy atom. The highest BCUT2D eigenvalue weighted by Gasteiger charge is 2.19. The molecule has 2 aromatic heterocycles. The summed E-state index contributed by atoms with van der Waals surface area (Å²) in [5, 5.41) is 5.70. The molecule has 1 aromatic carbocycles. The zero-order chi connectivity index (χ0) is 19.5. The number of fused-ring (bicyclic) bond motifs is 1. The second-order valence-corrected chi connectivity index (χ2v) is 6.87. The molecule has 1 atom stereocenters. The topological polar surface area (TPSA) is 84.7 Å². The molecule has 3 heterocycles. The largest absolute Gasteiger partial charge is 0.376 e. The summed E-state index contributed by atoms with van der Waals surface area (Å²) in [5.41, 5.74) is 2.84. The van der Waals surface area contributed by atoms with Gasteiger partial charge in [-0.25, -0.2) is 4.98 Å². The van der Waals surface area contributed by atoms with Crippen molar-refractivity contribution in [3.63, 3.8) is 0 Å². The second kappa shape index (κ2) is 7.82. The van der Waals surface area contributed by atoms with Crippen LogP contribution in [0.5, 0.6) is 0 Å². The maximum absolute atomic E-state index is 12.7. The number of pyridine rings is 1. The summed E-state index contributed by atoms with van der Waals surface area (Å²) in [6, 6.07) is 12.6. The van der Waals surface area contributed by atoms with Crippen molar-refractivity contribution < 1.29 is 14.3 Å². The van der Waals surface area contributed by atoms with E-state index in [1.165, 1.54) is 0 Å². The third kappa shape index (κ3) is 3.75. The number of imidazole rings is 1. The van der Waals surface area contributed by atoms with Crippen LogP contribution in [-0.4, -0.2) is 40.5 Å². The highest BCUT2D eigenvalue weighted by molar-refractivity contribution is 6.08. The zero-order valence-electron chi connectivity index (χ0n) is 15.6. The first-order valence-corrected chi connectivity index (χ1v) is 9.37. The number of benzene rings is 1. The van der Waals surface area contributed by atoms with Crippen molar-refractivity contribution in [1.29, 1.82) is 0 Å². The van der Waals surface area contributed by atoms with Gasteiger partial charge in [-0.15, -0.1) is 0 Å². The minimum Gasteiger partial charge on any atom is -0.376 e. The number of amides is 2. The lowest BCUT2D eigenvalue weighted by Crippen LogP contribution is -2.32. The normalized spacial score (nSPS) is 16.2. The van der Waals surface area contributed by atoms with E-state index >= 15 is 0 Å². The van der Waals surface area contributed by atoms with Crippen LogP contribution in [0.25, 0.3) is 5.65 Å². The van der Waals surface area contributed by atoms with Crippen LogP contribution in [0.2, 0.25) is 0 Å². The predicted octanol–water partition coefficient (Wildman–Crippen LogP) is 2.80. The van der Waals surface area contributed by atoms with E-state index in [0.29, 0.717) is 29.1 Å². The second-order valence-electron chi connectivity index (χ2n) is 6.87. The third-order valence-electron chi connectivity index (χ3n) is 4.86. The van der Waals surface area contributed by atoms with Gasteiger partial charge in [-0.2, -0.15) is 0 Å². The van der Waals surface area contributed by atoms with Crippen LogP contribution >= 0.6 is 0 Å². The monoisotopic (exact) mass is 378 g/mol. The summed E-state index contributed by atoms with van der Waals surface area (Å²) in [6.45, 7) is 3.16. The Morgan fingerprint density at radius 1 is 1.18 bits per heavy atom. The molecule has 1 aliphatic rings. The molecule has 1 aliphatic heterocycles. The number of ether oxygens (including phenoxy) is 1. The Bertz CT molecular complexity index is 1020. The van der Waals surface area contributed by atoms with Crippen molar-refractivity contribution in [2.24, 2.45) is 0 Å². The van der Waals surface area contributed by atoms with E-state index in [4.69, 9.17) is 4.74 Å². The molecule has 0 aliphatic carbocycles. The maximum atomic E-state index is 12.7. The van der Waals surface area contributed by atoms with Crippen molar-refractivity contribution in [3.8, 4) is 0 Å². The fourth-order valence-electron chi connectivity index (χ4n) is 3.34. The standard InChI is InChI=1S/C21H22N4O3/c1-14-6-4-10-19-23-18(13-25(14)19)21(27)24-17-9-3-2-8-16(17)20(26)22-12-15-7-5-11-28-15/h2-4,6,8-10,13,15H,5,7,11-12H2,1H3,(H,22,26)(H,24,27). The molecule has 144 valence electrons. The molecule has 0 bridgehead atoms. The van der Waals surface area contributed by atoms with E-state index < -0.39 is 0 Å². The summed E-state index contributed by atoms with van der Waals surface area (Å²) >= 11 is 0. The Labute approximate surface area is 162 Å². The van der Waals surface area contributed by atoms with Crippen molar-refractivity contribution in [3.05, 3.63) is 65.6 Å². The highest BCUT2D eigenvalue weighted by atomic mass is 16.5. The first-order valence-electron chi connectivity index (χ1n) is 9.37.